The molecular weight excluding hydrogens is 252 g/mol. The molecule has 0 amide bonds. The van der Waals surface area contributed by atoms with E-state index in [1.54, 1.807) is 7.11 Å². The van der Waals surface area contributed by atoms with Gasteiger partial charge in [0.2, 0.25) is 10.0 Å². The van der Waals surface area contributed by atoms with E-state index in [-0.39, 0.29) is 11.2 Å². The molecule has 0 unspecified atom stereocenters. The van der Waals surface area contributed by atoms with Gasteiger partial charge in [-0.3, -0.25) is 0 Å². The molecule has 0 aromatic heterocycles. The molecule has 18 heavy (non-hydrogen) atoms. The van der Waals surface area contributed by atoms with Crippen LogP contribution in [-0.2, 0) is 14.8 Å². The molecule has 1 fully saturated rings. The quantitative estimate of drug-likeness (QED) is 0.547. The van der Waals surface area contributed by atoms with Crippen molar-refractivity contribution < 1.29 is 13.2 Å². The molecule has 1 rings (SSSR count). The van der Waals surface area contributed by atoms with E-state index in [1.165, 1.54) is 0 Å². The average molecular weight is 278 g/mol. The summed E-state index contributed by atoms with van der Waals surface area (Å²) in [7, 11) is -1.45. The largest absolute Gasteiger partial charge is 0.385 e. The van der Waals surface area contributed by atoms with Crippen molar-refractivity contribution in [1.82, 2.24) is 10.0 Å². The zero-order chi connectivity index (χ0) is 13.5. The summed E-state index contributed by atoms with van der Waals surface area (Å²) in [5, 5.41) is 3.10. The Morgan fingerprint density at radius 2 is 2.00 bits per heavy atom. The summed E-state index contributed by atoms with van der Waals surface area (Å²) >= 11 is 0. The number of methoxy groups -OCH3 is 1. The van der Waals surface area contributed by atoms with Crippen LogP contribution in [0.15, 0.2) is 0 Å². The minimum absolute atomic E-state index is 0.160. The maximum absolute atomic E-state index is 11.8. The third-order valence-electron chi connectivity index (χ3n) is 3.44. The maximum atomic E-state index is 11.8. The Balaban J connectivity index is 2.20. The zero-order valence-corrected chi connectivity index (χ0v) is 12.3. The van der Waals surface area contributed by atoms with Crippen LogP contribution in [0.2, 0.25) is 0 Å². The number of nitrogens with one attached hydrogen (secondary N) is 2. The fourth-order valence-corrected chi connectivity index (χ4v) is 2.94. The second kappa shape index (κ2) is 7.43. The Kier molecular flexibility index (Phi) is 6.55. The van der Waals surface area contributed by atoms with Crippen LogP contribution >= 0.6 is 0 Å². The Labute approximate surface area is 111 Å². The van der Waals surface area contributed by atoms with Crippen molar-refractivity contribution in [3.8, 4) is 0 Å². The molecule has 0 spiro atoms. The van der Waals surface area contributed by atoms with E-state index in [4.69, 9.17) is 4.74 Å². The van der Waals surface area contributed by atoms with Crippen molar-refractivity contribution in [2.75, 3.05) is 39.1 Å². The first-order valence-electron chi connectivity index (χ1n) is 6.71. The van der Waals surface area contributed by atoms with Gasteiger partial charge < -0.3 is 10.1 Å². The van der Waals surface area contributed by atoms with E-state index in [9.17, 15) is 8.42 Å². The van der Waals surface area contributed by atoms with Gasteiger partial charge in [-0.15, -0.1) is 0 Å². The van der Waals surface area contributed by atoms with Crippen molar-refractivity contribution in [3.05, 3.63) is 0 Å². The van der Waals surface area contributed by atoms with Gasteiger partial charge in [0.25, 0.3) is 0 Å². The van der Waals surface area contributed by atoms with Gasteiger partial charge in [0, 0.05) is 26.8 Å². The van der Waals surface area contributed by atoms with Crippen molar-refractivity contribution in [2.45, 2.75) is 32.6 Å². The molecule has 108 valence electrons. The van der Waals surface area contributed by atoms with Crippen LogP contribution in [0.3, 0.4) is 0 Å². The molecule has 0 aliphatic heterocycles. The summed E-state index contributed by atoms with van der Waals surface area (Å²) in [6.07, 6.45) is 4.17. The first-order valence-corrected chi connectivity index (χ1v) is 8.36. The van der Waals surface area contributed by atoms with Crippen LogP contribution in [0.25, 0.3) is 0 Å². The Morgan fingerprint density at radius 1 is 1.28 bits per heavy atom. The summed E-state index contributed by atoms with van der Waals surface area (Å²) in [5.74, 6) is 0.160. The van der Waals surface area contributed by atoms with E-state index in [2.05, 4.69) is 17.0 Å². The fraction of sp³-hybridized carbons (Fsp3) is 1.00. The Hall–Kier alpha value is -0.170. The first-order chi connectivity index (χ1) is 8.54. The smallest absolute Gasteiger partial charge is 0.212 e. The molecule has 1 aliphatic rings. The van der Waals surface area contributed by atoms with Gasteiger partial charge in [-0.05, 0) is 37.6 Å². The second-order valence-electron chi connectivity index (χ2n) is 5.13. The monoisotopic (exact) mass is 278 g/mol. The van der Waals surface area contributed by atoms with E-state index < -0.39 is 10.0 Å². The summed E-state index contributed by atoms with van der Waals surface area (Å²) in [4.78, 5) is 0. The lowest BCUT2D eigenvalue weighted by Gasteiger charge is -2.15. The van der Waals surface area contributed by atoms with Gasteiger partial charge in [0.1, 0.15) is 0 Å². The summed E-state index contributed by atoms with van der Waals surface area (Å²) in [6.45, 7) is 4.72. The van der Waals surface area contributed by atoms with E-state index in [1.807, 2.05) is 0 Å². The number of rotatable bonds is 11. The molecule has 0 aromatic rings. The van der Waals surface area contributed by atoms with Gasteiger partial charge in [-0.1, -0.05) is 6.92 Å². The van der Waals surface area contributed by atoms with Crippen LogP contribution < -0.4 is 10.0 Å². The normalized spacial score (nSPS) is 17.9. The highest BCUT2D eigenvalue weighted by Gasteiger charge is 2.42. The second-order valence-corrected chi connectivity index (χ2v) is 7.06. The molecule has 2 N–H and O–H groups in total. The Bertz CT molecular complexity index is 326. The molecule has 0 saturated heterocycles. The topological polar surface area (TPSA) is 67.4 Å². The third-order valence-corrected chi connectivity index (χ3v) is 4.76. The fourth-order valence-electron chi connectivity index (χ4n) is 1.85. The Morgan fingerprint density at radius 3 is 2.56 bits per heavy atom. The number of hydrogen-bond donors (Lipinski definition) is 2. The lowest BCUT2D eigenvalue weighted by molar-refractivity contribution is 0.173. The van der Waals surface area contributed by atoms with Crippen molar-refractivity contribution in [3.63, 3.8) is 0 Å². The number of hydrogen-bond acceptors (Lipinski definition) is 4. The highest BCUT2D eigenvalue weighted by atomic mass is 32.2. The minimum atomic E-state index is -3.13. The van der Waals surface area contributed by atoms with Crippen molar-refractivity contribution >= 4 is 10.0 Å². The van der Waals surface area contributed by atoms with E-state index in [0.717, 1.165) is 32.2 Å². The van der Waals surface area contributed by atoms with Crippen LogP contribution in [0, 0.1) is 5.41 Å². The molecule has 1 saturated carbocycles. The van der Waals surface area contributed by atoms with Crippen LogP contribution in [0.4, 0.5) is 0 Å². The molecule has 0 bridgehead atoms. The number of sulfonamides is 1. The molecule has 6 heteroatoms. The third kappa shape index (κ3) is 6.13. The van der Waals surface area contributed by atoms with Gasteiger partial charge in [0.05, 0.1) is 5.75 Å². The lowest BCUT2D eigenvalue weighted by atomic mass is 10.0. The predicted molar refractivity (Wildman–Crippen MR) is 73.1 cm³/mol. The molecular formula is C12H26N2O3S. The van der Waals surface area contributed by atoms with Gasteiger partial charge >= 0.3 is 0 Å². The standard InChI is InChI=1S/C12H26N2O3S/c1-3-7-13-8-10-18(15,16)14-11-12(4-5-12)6-9-17-2/h13-14H,3-11H2,1-2H3. The van der Waals surface area contributed by atoms with Crippen LogP contribution in [0.5, 0.6) is 0 Å². The minimum Gasteiger partial charge on any atom is -0.385 e. The summed E-state index contributed by atoms with van der Waals surface area (Å²) in [6, 6.07) is 0. The van der Waals surface area contributed by atoms with Gasteiger partial charge in [-0.25, -0.2) is 13.1 Å². The maximum Gasteiger partial charge on any atom is 0.212 e. The van der Waals surface area contributed by atoms with Gasteiger partial charge in [0.15, 0.2) is 0 Å². The van der Waals surface area contributed by atoms with Crippen LogP contribution in [0.1, 0.15) is 32.6 Å². The van der Waals surface area contributed by atoms with Crippen LogP contribution in [-0.4, -0.2) is 47.5 Å². The van der Waals surface area contributed by atoms with E-state index in [0.29, 0.717) is 19.7 Å². The molecule has 0 aromatic carbocycles. The van der Waals surface area contributed by atoms with Gasteiger partial charge in [-0.2, -0.15) is 0 Å². The first kappa shape index (κ1) is 15.9. The van der Waals surface area contributed by atoms with Crippen molar-refractivity contribution in [1.29, 1.82) is 0 Å². The molecule has 5 nitrogen and oxygen atoms in total. The average Bonchev–Trinajstić information content (AvgIpc) is 3.11. The number of ether oxygens (including phenoxy) is 1. The molecule has 0 radical (unpaired) electrons. The van der Waals surface area contributed by atoms with Crippen molar-refractivity contribution in [2.24, 2.45) is 5.41 Å². The summed E-state index contributed by atoms with van der Waals surface area (Å²) in [5.41, 5.74) is 0.167. The predicted octanol–water partition coefficient (Wildman–Crippen LogP) is 0.722. The highest BCUT2D eigenvalue weighted by molar-refractivity contribution is 7.89. The molecule has 0 heterocycles. The summed E-state index contributed by atoms with van der Waals surface area (Å²) < 4.78 is 31.3. The zero-order valence-electron chi connectivity index (χ0n) is 11.5. The lowest BCUT2D eigenvalue weighted by Crippen LogP contribution is -2.35. The molecule has 0 atom stereocenters. The SMILES string of the molecule is CCCNCCS(=O)(=O)NCC1(CCOC)CC1. The van der Waals surface area contributed by atoms with E-state index >= 15 is 0 Å². The highest BCUT2D eigenvalue weighted by Crippen LogP contribution is 2.48. The molecule has 1 aliphatic carbocycles.